The fourth-order valence-corrected chi connectivity index (χ4v) is 2.89. The number of hydrogen-bond donors (Lipinski definition) is 1. The SMILES string of the molecule is COc1ccc(-n2nc(C(F)(F)F)c(C)c2-c2ccc(OCCO)cc2)cc1. The van der Waals surface area contributed by atoms with Crippen LogP contribution in [0.15, 0.2) is 48.5 Å². The van der Waals surface area contributed by atoms with E-state index < -0.39 is 11.9 Å². The minimum Gasteiger partial charge on any atom is -0.497 e. The average Bonchev–Trinajstić information content (AvgIpc) is 3.04. The monoisotopic (exact) mass is 392 g/mol. The Hall–Kier alpha value is -3.00. The molecule has 0 bridgehead atoms. The smallest absolute Gasteiger partial charge is 0.435 e. The number of methoxy groups -OCH3 is 1. The summed E-state index contributed by atoms with van der Waals surface area (Å²) >= 11 is 0. The highest BCUT2D eigenvalue weighted by Gasteiger charge is 2.38. The number of alkyl halides is 3. The van der Waals surface area contributed by atoms with Crippen LogP contribution >= 0.6 is 0 Å². The fraction of sp³-hybridized carbons (Fsp3) is 0.250. The number of nitrogens with zero attached hydrogens (tertiary/aromatic N) is 2. The molecule has 0 aliphatic heterocycles. The van der Waals surface area contributed by atoms with Crippen LogP contribution in [-0.4, -0.2) is 35.2 Å². The Labute approximate surface area is 159 Å². The minimum absolute atomic E-state index is 0.0346. The average molecular weight is 392 g/mol. The summed E-state index contributed by atoms with van der Waals surface area (Å²) in [4.78, 5) is 0. The van der Waals surface area contributed by atoms with Gasteiger partial charge in [-0.2, -0.15) is 18.3 Å². The fourth-order valence-electron chi connectivity index (χ4n) is 2.89. The van der Waals surface area contributed by atoms with Gasteiger partial charge in [0.05, 0.1) is 25.1 Å². The van der Waals surface area contributed by atoms with Crippen molar-refractivity contribution in [3.8, 4) is 28.4 Å². The number of halogens is 3. The molecule has 0 aliphatic rings. The molecule has 0 spiro atoms. The predicted octanol–water partition coefficient (Wildman–Crippen LogP) is 4.25. The lowest BCUT2D eigenvalue weighted by Gasteiger charge is -2.11. The molecule has 1 heterocycles. The van der Waals surface area contributed by atoms with Crippen LogP contribution in [0.2, 0.25) is 0 Å². The first-order valence-electron chi connectivity index (χ1n) is 8.50. The Balaban J connectivity index is 2.11. The molecule has 8 heteroatoms. The highest BCUT2D eigenvalue weighted by Crippen LogP contribution is 2.37. The first-order chi connectivity index (χ1) is 13.3. The summed E-state index contributed by atoms with van der Waals surface area (Å²) in [5.74, 6) is 1.11. The lowest BCUT2D eigenvalue weighted by Crippen LogP contribution is -2.08. The van der Waals surface area contributed by atoms with Gasteiger partial charge in [0, 0.05) is 11.1 Å². The Morgan fingerprint density at radius 2 is 1.61 bits per heavy atom. The normalized spacial score (nSPS) is 11.5. The molecule has 28 heavy (non-hydrogen) atoms. The third-order valence-corrected chi connectivity index (χ3v) is 4.20. The maximum Gasteiger partial charge on any atom is 0.435 e. The van der Waals surface area contributed by atoms with Crippen molar-refractivity contribution in [2.24, 2.45) is 0 Å². The van der Waals surface area contributed by atoms with E-state index in [-0.39, 0.29) is 18.8 Å². The van der Waals surface area contributed by atoms with Crippen molar-refractivity contribution in [2.45, 2.75) is 13.1 Å². The first kappa shape index (κ1) is 19.8. The predicted molar refractivity (Wildman–Crippen MR) is 97.9 cm³/mol. The van der Waals surface area contributed by atoms with Crippen LogP contribution in [0.1, 0.15) is 11.3 Å². The van der Waals surface area contributed by atoms with Crippen LogP contribution in [0.25, 0.3) is 16.9 Å². The molecule has 0 fully saturated rings. The Morgan fingerprint density at radius 1 is 1.00 bits per heavy atom. The number of aromatic nitrogens is 2. The Morgan fingerprint density at radius 3 is 2.14 bits per heavy atom. The molecule has 5 nitrogen and oxygen atoms in total. The Bertz CT molecular complexity index is 933. The second-order valence-corrected chi connectivity index (χ2v) is 6.03. The summed E-state index contributed by atoms with van der Waals surface area (Å²) in [5, 5.41) is 12.7. The zero-order valence-electron chi connectivity index (χ0n) is 15.3. The quantitative estimate of drug-likeness (QED) is 0.682. The summed E-state index contributed by atoms with van der Waals surface area (Å²) < 4.78 is 52.1. The minimum atomic E-state index is -4.57. The zero-order chi connectivity index (χ0) is 20.3. The molecule has 148 valence electrons. The molecule has 0 saturated carbocycles. The number of benzene rings is 2. The highest BCUT2D eigenvalue weighted by atomic mass is 19.4. The molecule has 0 saturated heterocycles. The third-order valence-electron chi connectivity index (χ3n) is 4.20. The van der Waals surface area contributed by atoms with Gasteiger partial charge < -0.3 is 14.6 Å². The summed E-state index contributed by atoms with van der Waals surface area (Å²) in [5.41, 5.74) is 0.486. The van der Waals surface area contributed by atoms with Crippen LogP contribution in [0.5, 0.6) is 11.5 Å². The van der Waals surface area contributed by atoms with E-state index in [2.05, 4.69) is 5.10 Å². The van der Waals surface area contributed by atoms with Gasteiger partial charge in [-0.25, -0.2) is 4.68 Å². The summed E-state index contributed by atoms with van der Waals surface area (Å²) in [6, 6.07) is 13.2. The van der Waals surface area contributed by atoms with Gasteiger partial charge in [0.25, 0.3) is 0 Å². The van der Waals surface area contributed by atoms with Gasteiger partial charge in [0.15, 0.2) is 5.69 Å². The van der Waals surface area contributed by atoms with Gasteiger partial charge in [-0.3, -0.25) is 0 Å². The van der Waals surface area contributed by atoms with Gasteiger partial charge in [0.2, 0.25) is 0 Å². The number of hydrogen-bond acceptors (Lipinski definition) is 4. The summed E-state index contributed by atoms with van der Waals surface area (Å²) in [6.45, 7) is 1.42. The van der Waals surface area contributed by atoms with E-state index in [1.807, 2.05) is 0 Å². The van der Waals surface area contributed by atoms with Crippen molar-refractivity contribution in [3.05, 3.63) is 59.8 Å². The molecule has 1 aromatic heterocycles. The van der Waals surface area contributed by atoms with Crippen molar-refractivity contribution in [1.82, 2.24) is 9.78 Å². The molecule has 0 aliphatic carbocycles. The van der Waals surface area contributed by atoms with E-state index in [9.17, 15) is 13.2 Å². The molecular formula is C20H19F3N2O3. The van der Waals surface area contributed by atoms with E-state index in [0.717, 1.165) is 0 Å². The summed E-state index contributed by atoms with van der Waals surface area (Å²) in [6.07, 6.45) is -4.57. The molecule has 0 atom stereocenters. The number of rotatable bonds is 6. The van der Waals surface area contributed by atoms with Gasteiger partial charge in [0.1, 0.15) is 18.1 Å². The van der Waals surface area contributed by atoms with Crippen molar-refractivity contribution in [2.75, 3.05) is 20.3 Å². The summed E-state index contributed by atoms with van der Waals surface area (Å²) in [7, 11) is 1.51. The van der Waals surface area contributed by atoms with E-state index >= 15 is 0 Å². The molecule has 0 radical (unpaired) electrons. The Kier molecular flexibility index (Phi) is 5.60. The van der Waals surface area contributed by atoms with E-state index in [1.54, 1.807) is 48.5 Å². The molecule has 0 amide bonds. The van der Waals surface area contributed by atoms with Crippen LogP contribution in [0, 0.1) is 6.92 Å². The van der Waals surface area contributed by atoms with Gasteiger partial charge in [-0.15, -0.1) is 0 Å². The standard InChI is InChI=1S/C20H19F3N2O3/c1-13-18(14-3-7-17(8-4-14)28-12-11-26)25(24-19(13)20(21,22)23)15-5-9-16(27-2)10-6-15/h3-10,26H,11-12H2,1-2H3. The van der Waals surface area contributed by atoms with Crippen molar-refractivity contribution < 1.29 is 27.8 Å². The van der Waals surface area contributed by atoms with Crippen molar-refractivity contribution in [3.63, 3.8) is 0 Å². The topological polar surface area (TPSA) is 56.5 Å². The lowest BCUT2D eigenvalue weighted by molar-refractivity contribution is -0.141. The second-order valence-electron chi connectivity index (χ2n) is 6.03. The second kappa shape index (κ2) is 7.93. The largest absolute Gasteiger partial charge is 0.497 e. The van der Waals surface area contributed by atoms with Crippen molar-refractivity contribution in [1.29, 1.82) is 0 Å². The van der Waals surface area contributed by atoms with Crippen LogP contribution in [-0.2, 0) is 6.18 Å². The maximum atomic E-state index is 13.5. The third kappa shape index (κ3) is 3.96. The van der Waals surface area contributed by atoms with E-state index in [4.69, 9.17) is 14.6 Å². The van der Waals surface area contributed by atoms with Crippen molar-refractivity contribution >= 4 is 0 Å². The van der Waals surface area contributed by atoms with Crippen LogP contribution in [0.3, 0.4) is 0 Å². The number of ether oxygens (including phenoxy) is 2. The highest BCUT2D eigenvalue weighted by molar-refractivity contribution is 5.68. The molecular weight excluding hydrogens is 373 g/mol. The number of aliphatic hydroxyl groups excluding tert-OH is 1. The number of aliphatic hydroxyl groups is 1. The first-order valence-corrected chi connectivity index (χ1v) is 8.50. The van der Waals surface area contributed by atoms with Gasteiger partial charge in [-0.05, 0) is 55.5 Å². The zero-order valence-corrected chi connectivity index (χ0v) is 15.3. The lowest BCUT2D eigenvalue weighted by atomic mass is 10.1. The van der Waals surface area contributed by atoms with E-state index in [0.29, 0.717) is 28.4 Å². The molecule has 1 N–H and O–H groups in total. The van der Waals surface area contributed by atoms with Crippen LogP contribution in [0.4, 0.5) is 13.2 Å². The van der Waals surface area contributed by atoms with Gasteiger partial charge >= 0.3 is 6.18 Å². The van der Waals surface area contributed by atoms with Gasteiger partial charge in [-0.1, -0.05) is 0 Å². The molecule has 3 aromatic rings. The van der Waals surface area contributed by atoms with Crippen LogP contribution < -0.4 is 9.47 Å². The van der Waals surface area contributed by atoms with E-state index in [1.165, 1.54) is 18.7 Å². The molecule has 2 aromatic carbocycles. The molecule has 0 unspecified atom stereocenters. The maximum absolute atomic E-state index is 13.5. The molecule has 3 rings (SSSR count).